The molecule has 1 N–H and O–H groups in total. The van der Waals surface area contributed by atoms with Crippen molar-refractivity contribution in [3.63, 3.8) is 0 Å². The Labute approximate surface area is 130 Å². The normalized spacial score (nSPS) is 25.0. The van der Waals surface area contributed by atoms with Crippen LogP contribution in [0.25, 0.3) is 0 Å². The average Bonchev–Trinajstić information content (AvgIpc) is 2.86. The van der Waals surface area contributed by atoms with E-state index in [1.165, 1.54) is 0 Å². The Kier molecular flexibility index (Phi) is 5.58. The van der Waals surface area contributed by atoms with E-state index >= 15 is 0 Å². The second-order valence-corrected chi connectivity index (χ2v) is 6.63. The van der Waals surface area contributed by atoms with Crippen molar-refractivity contribution in [2.45, 2.75) is 56.0 Å². The van der Waals surface area contributed by atoms with Crippen LogP contribution in [0.1, 0.15) is 38.7 Å². The molecule has 0 radical (unpaired) electrons. The fourth-order valence-corrected chi connectivity index (χ4v) is 3.85. The standard InChI is InChI=1S/C15H23N3O2S/c1-4-18-15(13(19)20-5-2)7-6-12(8-15)21-14-16-9-11(3)10-17-14/h9-10,12,18H,4-8H2,1-3H3. The molecule has 2 unspecified atom stereocenters. The zero-order valence-electron chi connectivity index (χ0n) is 12.9. The zero-order chi connectivity index (χ0) is 15.3. The number of thioether (sulfide) groups is 1. The van der Waals surface area contributed by atoms with Gasteiger partial charge in [0.05, 0.1) is 6.61 Å². The minimum atomic E-state index is -0.535. The Morgan fingerprint density at radius 2 is 2.19 bits per heavy atom. The van der Waals surface area contributed by atoms with E-state index in [1.54, 1.807) is 11.8 Å². The van der Waals surface area contributed by atoms with Crippen molar-refractivity contribution in [1.29, 1.82) is 0 Å². The molecular weight excluding hydrogens is 286 g/mol. The van der Waals surface area contributed by atoms with Gasteiger partial charge in [0.1, 0.15) is 5.54 Å². The van der Waals surface area contributed by atoms with Gasteiger partial charge in [-0.05, 0) is 45.2 Å². The maximum absolute atomic E-state index is 12.3. The molecule has 0 bridgehead atoms. The molecule has 116 valence electrons. The van der Waals surface area contributed by atoms with Gasteiger partial charge in [0.25, 0.3) is 0 Å². The third-order valence-electron chi connectivity index (χ3n) is 3.68. The minimum absolute atomic E-state index is 0.125. The molecule has 6 heteroatoms. The van der Waals surface area contributed by atoms with Gasteiger partial charge in [-0.1, -0.05) is 18.7 Å². The maximum atomic E-state index is 12.3. The van der Waals surface area contributed by atoms with Gasteiger partial charge >= 0.3 is 5.97 Å². The molecule has 0 amide bonds. The molecule has 1 aliphatic carbocycles. The van der Waals surface area contributed by atoms with Crippen molar-refractivity contribution in [2.75, 3.05) is 13.2 Å². The number of aromatic nitrogens is 2. The second-order valence-electron chi connectivity index (χ2n) is 5.36. The van der Waals surface area contributed by atoms with E-state index in [4.69, 9.17) is 4.74 Å². The molecule has 0 saturated heterocycles. The lowest BCUT2D eigenvalue weighted by Crippen LogP contribution is -2.51. The van der Waals surface area contributed by atoms with Crippen LogP contribution in [0, 0.1) is 6.92 Å². The number of nitrogens with zero attached hydrogens (tertiary/aromatic N) is 2. The van der Waals surface area contributed by atoms with E-state index in [1.807, 2.05) is 33.2 Å². The summed E-state index contributed by atoms with van der Waals surface area (Å²) in [6.07, 6.45) is 6.19. The minimum Gasteiger partial charge on any atom is -0.465 e. The summed E-state index contributed by atoms with van der Waals surface area (Å²) in [5.41, 5.74) is 0.520. The molecule has 0 aromatic carbocycles. The SMILES string of the molecule is CCNC1(C(=O)OCC)CCC(Sc2ncc(C)cn2)C1. The van der Waals surface area contributed by atoms with E-state index in [0.29, 0.717) is 11.9 Å². The fourth-order valence-electron chi connectivity index (χ4n) is 2.72. The number of esters is 1. The first-order valence-corrected chi connectivity index (χ1v) is 8.35. The molecule has 2 rings (SSSR count). The zero-order valence-corrected chi connectivity index (χ0v) is 13.7. The number of likely N-dealkylation sites (N-methyl/N-ethyl adjacent to an activating group) is 1. The van der Waals surface area contributed by atoms with Crippen molar-refractivity contribution in [3.8, 4) is 0 Å². The van der Waals surface area contributed by atoms with Crippen LogP contribution in [0.4, 0.5) is 0 Å². The monoisotopic (exact) mass is 309 g/mol. The molecule has 21 heavy (non-hydrogen) atoms. The number of rotatable bonds is 6. The number of carbonyl (C=O) groups is 1. The molecule has 1 heterocycles. The Morgan fingerprint density at radius 1 is 1.48 bits per heavy atom. The first-order chi connectivity index (χ1) is 10.1. The Bertz CT molecular complexity index is 480. The van der Waals surface area contributed by atoms with Crippen molar-refractivity contribution < 1.29 is 9.53 Å². The Morgan fingerprint density at radius 3 is 2.81 bits per heavy atom. The number of hydrogen-bond donors (Lipinski definition) is 1. The lowest BCUT2D eigenvalue weighted by molar-refractivity contribution is -0.151. The van der Waals surface area contributed by atoms with E-state index in [2.05, 4.69) is 15.3 Å². The second kappa shape index (κ2) is 7.22. The molecule has 5 nitrogen and oxygen atoms in total. The van der Waals surface area contributed by atoms with Gasteiger partial charge in [0.15, 0.2) is 5.16 Å². The van der Waals surface area contributed by atoms with Gasteiger partial charge in [-0.2, -0.15) is 0 Å². The fraction of sp³-hybridized carbons (Fsp3) is 0.667. The number of carbonyl (C=O) groups excluding carboxylic acids is 1. The highest BCUT2D eigenvalue weighted by atomic mass is 32.2. The van der Waals surface area contributed by atoms with Crippen LogP contribution < -0.4 is 5.32 Å². The van der Waals surface area contributed by atoms with E-state index in [0.717, 1.165) is 36.5 Å². The highest BCUT2D eigenvalue weighted by molar-refractivity contribution is 7.99. The molecule has 0 spiro atoms. The molecule has 1 fully saturated rings. The van der Waals surface area contributed by atoms with Gasteiger partial charge in [-0.3, -0.25) is 4.79 Å². The van der Waals surface area contributed by atoms with Crippen LogP contribution in [0.15, 0.2) is 17.6 Å². The predicted molar refractivity (Wildman–Crippen MR) is 83.3 cm³/mol. The molecule has 1 aromatic heterocycles. The summed E-state index contributed by atoms with van der Waals surface area (Å²) in [5, 5.41) is 4.46. The van der Waals surface area contributed by atoms with Gasteiger partial charge in [-0.15, -0.1) is 0 Å². The van der Waals surface area contributed by atoms with Crippen molar-refractivity contribution in [2.24, 2.45) is 0 Å². The number of hydrogen-bond acceptors (Lipinski definition) is 6. The van der Waals surface area contributed by atoms with Gasteiger partial charge < -0.3 is 10.1 Å². The third-order valence-corrected chi connectivity index (χ3v) is 4.84. The van der Waals surface area contributed by atoms with E-state index in [-0.39, 0.29) is 5.97 Å². The largest absolute Gasteiger partial charge is 0.465 e. The number of aryl methyl sites for hydroxylation is 1. The Hall–Kier alpha value is -1.14. The topological polar surface area (TPSA) is 64.1 Å². The number of ether oxygens (including phenoxy) is 1. The summed E-state index contributed by atoms with van der Waals surface area (Å²) in [5.74, 6) is -0.125. The van der Waals surface area contributed by atoms with Gasteiger partial charge in [0, 0.05) is 17.6 Å². The molecule has 1 aliphatic rings. The first-order valence-electron chi connectivity index (χ1n) is 7.47. The lowest BCUT2D eigenvalue weighted by atomic mass is 9.98. The quantitative estimate of drug-likeness (QED) is 0.643. The molecule has 1 saturated carbocycles. The molecule has 1 aromatic rings. The van der Waals surface area contributed by atoms with Crippen molar-refractivity contribution in [3.05, 3.63) is 18.0 Å². The highest BCUT2D eigenvalue weighted by Gasteiger charge is 2.46. The summed E-state index contributed by atoms with van der Waals surface area (Å²) in [6.45, 7) is 7.02. The summed E-state index contributed by atoms with van der Waals surface area (Å²) in [7, 11) is 0. The predicted octanol–water partition coefficient (Wildman–Crippen LogP) is 2.34. The lowest BCUT2D eigenvalue weighted by Gasteiger charge is -2.27. The maximum Gasteiger partial charge on any atom is 0.326 e. The van der Waals surface area contributed by atoms with Crippen LogP contribution in [0.5, 0.6) is 0 Å². The number of nitrogens with one attached hydrogen (secondary N) is 1. The van der Waals surface area contributed by atoms with Crippen molar-refractivity contribution >= 4 is 17.7 Å². The molecular formula is C15H23N3O2S. The van der Waals surface area contributed by atoms with Crippen molar-refractivity contribution in [1.82, 2.24) is 15.3 Å². The highest BCUT2D eigenvalue weighted by Crippen LogP contribution is 2.39. The van der Waals surface area contributed by atoms with Crippen LogP contribution in [-0.4, -0.2) is 39.9 Å². The molecule has 0 aliphatic heterocycles. The summed E-state index contributed by atoms with van der Waals surface area (Å²) >= 11 is 1.65. The smallest absolute Gasteiger partial charge is 0.326 e. The summed E-state index contributed by atoms with van der Waals surface area (Å²) < 4.78 is 5.25. The van der Waals surface area contributed by atoms with Gasteiger partial charge in [0.2, 0.25) is 0 Å². The summed E-state index contributed by atoms with van der Waals surface area (Å²) in [4.78, 5) is 20.9. The van der Waals surface area contributed by atoms with E-state index < -0.39 is 5.54 Å². The summed E-state index contributed by atoms with van der Waals surface area (Å²) in [6, 6.07) is 0. The van der Waals surface area contributed by atoms with Gasteiger partial charge in [-0.25, -0.2) is 9.97 Å². The van der Waals surface area contributed by atoms with Crippen LogP contribution in [-0.2, 0) is 9.53 Å². The average molecular weight is 309 g/mol. The third kappa shape index (κ3) is 3.95. The van der Waals surface area contributed by atoms with Crippen LogP contribution in [0.2, 0.25) is 0 Å². The Balaban J connectivity index is 2.02. The molecule has 2 atom stereocenters. The van der Waals surface area contributed by atoms with E-state index in [9.17, 15) is 4.79 Å². The van der Waals surface area contributed by atoms with Crippen LogP contribution in [0.3, 0.4) is 0 Å². The first kappa shape index (κ1) is 16.2. The van der Waals surface area contributed by atoms with Crippen LogP contribution >= 0.6 is 11.8 Å².